The fourth-order valence-electron chi connectivity index (χ4n) is 5.06. The SMILES string of the molecule is CCc1cc(Nc2ncc(-c3cnn(C)c3)c(Nc3ccccc3P(C)(C)=O)n2)c(OC)cc1N1CCC(=O)CC1. The number of nitrogens with zero attached hydrogens (tertiary/aromatic N) is 5. The van der Waals surface area contributed by atoms with Crippen molar-refractivity contribution in [2.24, 2.45) is 7.05 Å². The Hall–Kier alpha value is -4.17. The molecule has 1 aliphatic heterocycles. The van der Waals surface area contributed by atoms with Crippen molar-refractivity contribution in [3.8, 4) is 16.9 Å². The van der Waals surface area contributed by atoms with E-state index in [9.17, 15) is 9.36 Å². The average Bonchev–Trinajstić information content (AvgIpc) is 3.39. The van der Waals surface area contributed by atoms with Crippen molar-refractivity contribution in [3.63, 3.8) is 0 Å². The largest absolute Gasteiger partial charge is 0.494 e. The lowest BCUT2D eigenvalue weighted by atomic mass is 10.0. The molecule has 11 heteroatoms. The van der Waals surface area contributed by atoms with Gasteiger partial charge in [-0.05, 0) is 43.5 Å². The van der Waals surface area contributed by atoms with Crippen molar-refractivity contribution in [3.05, 3.63) is 60.6 Å². The molecule has 1 aliphatic rings. The van der Waals surface area contributed by atoms with Crippen molar-refractivity contribution in [1.29, 1.82) is 0 Å². The number of methoxy groups -OCH3 is 1. The maximum Gasteiger partial charge on any atom is 0.229 e. The number of hydrogen-bond donors (Lipinski definition) is 2. The van der Waals surface area contributed by atoms with Crippen LogP contribution in [0.2, 0.25) is 0 Å². The molecule has 5 rings (SSSR count). The number of benzene rings is 2. The van der Waals surface area contributed by atoms with E-state index in [0.29, 0.717) is 49.2 Å². The highest BCUT2D eigenvalue weighted by atomic mass is 31.2. The first-order valence-electron chi connectivity index (χ1n) is 13.7. The van der Waals surface area contributed by atoms with Crippen LogP contribution in [0.15, 0.2) is 55.0 Å². The standard InChI is InChI=1S/C30H36N7O3P/c1-6-20-15-25(27(40-3)16-26(20)37-13-11-22(38)12-14-37)34-30-31-18-23(21-17-32-36(2)19-21)29(35-30)33-24-9-7-8-10-28(24)41(4,5)39/h7-10,15-19H,6,11-14H2,1-5H3,(H2,31,33,34,35). The molecule has 0 unspecified atom stereocenters. The summed E-state index contributed by atoms with van der Waals surface area (Å²) in [6, 6.07) is 11.7. The number of rotatable bonds is 9. The number of ketones is 1. The Morgan fingerprint density at radius 2 is 1.80 bits per heavy atom. The molecule has 4 aromatic rings. The highest BCUT2D eigenvalue weighted by Crippen LogP contribution is 2.40. The van der Waals surface area contributed by atoms with Crippen LogP contribution in [0.25, 0.3) is 11.1 Å². The molecule has 0 radical (unpaired) electrons. The van der Waals surface area contributed by atoms with Crippen LogP contribution in [-0.4, -0.2) is 59.1 Å². The van der Waals surface area contributed by atoms with Gasteiger partial charge in [0, 0.05) is 73.6 Å². The second-order valence-corrected chi connectivity index (χ2v) is 13.7. The van der Waals surface area contributed by atoms with Gasteiger partial charge in [-0.25, -0.2) is 4.98 Å². The van der Waals surface area contributed by atoms with E-state index in [1.807, 2.05) is 43.6 Å². The number of aromatic nitrogens is 4. The molecule has 214 valence electrons. The number of Topliss-reactive ketones (excluding diaryl/α,β-unsaturated/α-hetero) is 1. The summed E-state index contributed by atoms with van der Waals surface area (Å²) in [5.74, 6) is 1.90. The van der Waals surface area contributed by atoms with Crippen molar-refractivity contribution < 1.29 is 14.1 Å². The number of nitrogens with one attached hydrogen (secondary N) is 2. The zero-order valence-corrected chi connectivity index (χ0v) is 25.0. The summed E-state index contributed by atoms with van der Waals surface area (Å²) in [6.07, 6.45) is 7.35. The van der Waals surface area contributed by atoms with Crippen LogP contribution in [0, 0.1) is 0 Å². The molecule has 0 atom stereocenters. The van der Waals surface area contributed by atoms with Crippen LogP contribution < -0.4 is 25.6 Å². The third-order valence-corrected chi connectivity index (χ3v) is 8.78. The molecule has 1 saturated heterocycles. The number of anilines is 5. The van der Waals surface area contributed by atoms with Gasteiger partial charge in [0.2, 0.25) is 5.95 Å². The fraction of sp³-hybridized carbons (Fsp3) is 0.333. The summed E-state index contributed by atoms with van der Waals surface area (Å²) in [5.41, 5.74) is 5.31. The molecule has 0 amide bonds. The van der Waals surface area contributed by atoms with Crippen molar-refractivity contribution in [2.45, 2.75) is 26.2 Å². The Bertz CT molecular complexity index is 1620. The maximum absolute atomic E-state index is 13.0. The predicted octanol–water partition coefficient (Wildman–Crippen LogP) is 5.35. The topological polar surface area (TPSA) is 114 Å². The second-order valence-electron chi connectivity index (χ2n) is 10.5. The summed E-state index contributed by atoms with van der Waals surface area (Å²) >= 11 is 0. The maximum atomic E-state index is 13.0. The summed E-state index contributed by atoms with van der Waals surface area (Å²) < 4.78 is 20.5. The molecule has 0 aliphatic carbocycles. The molecular weight excluding hydrogens is 537 g/mol. The minimum atomic E-state index is -2.56. The Morgan fingerprint density at radius 3 is 2.46 bits per heavy atom. The smallest absolute Gasteiger partial charge is 0.229 e. The Morgan fingerprint density at radius 1 is 1.05 bits per heavy atom. The molecule has 3 heterocycles. The molecule has 2 N–H and O–H groups in total. The average molecular weight is 574 g/mol. The minimum Gasteiger partial charge on any atom is -0.494 e. The highest BCUT2D eigenvalue weighted by molar-refractivity contribution is 7.70. The molecule has 0 bridgehead atoms. The third-order valence-electron chi connectivity index (χ3n) is 7.23. The summed E-state index contributed by atoms with van der Waals surface area (Å²) in [5, 5.41) is 11.8. The van der Waals surface area contributed by atoms with Crippen LogP contribution in [0.4, 0.5) is 28.8 Å². The quantitative estimate of drug-likeness (QED) is 0.256. The molecule has 1 fully saturated rings. The number of carbonyl (C=O) groups excluding carboxylic acids is 1. The van der Waals surface area contributed by atoms with Gasteiger partial charge in [0.1, 0.15) is 24.5 Å². The van der Waals surface area contributed by atoms with Crippen LogP contribution >= 0.6 is 7.14 Å². The first kappa shape index (κ1) is 28.4. The summed E-state index contributed by atoms with van der Waals surface area (Å²) in [4.78, 5) is 23.5. The first-order valence-corrected chi connectivity index (χ1v) is 16.3. The van der Waals surface area contributed by atoms with Gasteiger partial charge in [0.15, 0.2) is 0 Å². The summed E-state index contributed by atoms with van der Waals surface area (Å²) in [7, 11) is 0.936. The van der Waals surface area contributed by atoms with Crippen molar-refractivity contribution >= 4 is 47.1 Å². The van der Waals surface area contributed by atoms with Crippen LogP contribution in [0.1, 0.15) is 25.3 Å². The van der Waals surface area contributed by atoms with Crippen molar-refractivity contribution in [2.75, 3.05) is 49.1 Å². The number of carbonyl (C=O) groups is 1. The van der Waals surface area contributed by atoms with Crippen LogP contribution in [0.3, 0.4) is 0 Å². The van der Waals surface area contributed by atoms with E-state index >= 15 is 0 Å². The van der Waals surface area contributed by atoms with E-state index in [2.05, 4.69) is 38.6 Å². The van der Waals surface area contributed by atoms with E-state index < -0.39 is 7.14 Å². The van der Waals surface area contributed by atoms with Gasteiger partial charge in [-0.15, -0.1) is 0 Å². The minimum absolute atomic E-state index is 0.309. The van der Waals surface area contributed by atoms with Crippen LogP contribution in [0.5, 0.6) is 5.75 Å². The molecule has 2 aromatic carbocycles. The van der Waals surface area contributed by atoms with E-state index in [1.165, 1.54) is 0 Å². The molecule has 0 saturated carbocycles. The fourth-order valence-corrected chi connectivity index (χ4v) is 6.22. The number of para-hydroxylation sites is 1. The van der Waals surface area contributed by atoms with Gasteiger partial charge < -0.3 is 24.8 Å². The van der Waals surface area contributed by atoms with E-state index in [-0.39, 0.29) is 0 Å². The molecule has 41 heavy (non-hydrogen) atoms. The lowest BCUT2D eigenvalue weighted by Crippen LogP contribution is -2.34. The molecule has 0 spiro atoms. The lowest BCUT2D eigenvalue weighted by molar-refractivity contribution is -0.119. The zero-order valence-electron chi connectivity index (χ0n) is 24.1. The van der Waals surface area contributed by atoms with Gasteiger partial charge in [-0.3, -0.25) is 9.48 Å². The molecule has 2 aromatic heterocycles. The lowest BCUT2D eigenvalue weighted by Gasteiger charge is -2.31. The first-order chi connectivity index (χ1) is 19.7. The monoisotopic (exact) mass is 573 g/mol. The second kappa shape index (κ2) is 11.7. The highest BCUT2D eigenvalue weighted by Gasteiger charge is 2.22. The third kappa shape index (κ3) is 6.28. The van der Waals surface area contributed by atoms with Crippen molar-refractivity contribution in [1.82, 2.24) is 19.7 Å². The summed E-state index contributed by atoms with van der Waals surface area (Å²) in [6.45, 7) is 7.04. The van der Waals surface area contributed by atoms with Crippen LogP contribution in [-0.2, 0) is 22.8 Å². The Labute approximate surface area is 240 Å². The van der Waals surface area contributed by atoms with Gasteiger partial charge in [-0.2, -0.15) is 10.1 Å². The molecule has 10 nitrogen and oxygen atoms in total. The normalized spacial score (nSPS) is 13.8. The number of piperidine rings is 1. The zero-order chi connectivity index (χ0) is 29.1. The Kier molecular flexibility index (Phi) is 8.13. The number of aryl methyl sites for hydroxylation is 2. The Balaban J connectivity index is 1.53. The van der Waals surface area contributed by atoms with E-state index in [1.54, 1.807) is 37.5 Å². The predicted molar refractivity (Wildman–Crippen MR) is 165 cm³/mol. The molecular formula is C30H36N7O3P. The van der Waals surface area contributed by atoms with E-state index in [4.69, 9.17) is 9.72 Å². The van der Waals surface area contributed by atoms with Gasteiger partial charge in [0.05, 0.1) is 24.7 Å². The van der Waals surface area contributed by atoms with Gasteiger partial charge in [0.25, 0.3) is 0 Å². The van der Waals surface area contributed by atoms with Gasteiger partial charge in [-0.1, -0.05) is 19.1 Å². The number of hydrogen-bond acceptors (Lipinski definition) is 9. The number of ether oxygens (including phenoxy) is 1. The van der Waals surface area contributed by atoms with Gasteiger partial charge >= 0.3 is 0 Å². The van der Waals surface area contributed by atoms with E-state index in [0.717, 1.165) is 45.5 Å².